The van der Waals surface area contributed by atoms with Crippen LogP contribution in [0.15, 0.2) is 22.5 Å². The zero-order valence-corrected chi connectivity index (χ0v) is 10.8. The van der Waals surface area contributed by atoms with Crippen molar-refractivity contribution in [2.24, 2.45) is 0 Å². The molecule has 3 heterocycles. The van der Waals surface area contributed by atoms with E-state index in [0.717, 1.165) is 32.3 Å². The maximum atomic E-state index is 5.93. The molecule has 6 heteroatoms. The number of hydrogen-bond donors (Lipinski definition) is 3. The Morgan fingerprint density at radius 2 is 2.29 bits per heavy atom. The van der Waals surface area contributed by atoms with Crippen LogP contribution in [0, 0.1) is 6.92 Å². The third kappa shape index (κ3) is 1.60. The molecule has 0 atom stereocenters. The van der Waals surface area contributed by atoms with Crippen LogP contribution in [-0.4, -0.2) is 15.0 Å². The molecule has 0 aliphatic carbocycles. The molecule has 4 nitrogen and oxygen atoms in total. The molecule has 3 aromatic heterocycles. The molecule has 3 N–H and O–H groups in total. The topological polar surface area (TPSA) is 67.6 Å². The van der Waals surface area contributed by atoms with Gasteiger partial charge in [-0.05, 0) is 13.0 Å². The Balaban J connectivity index is 2.32. The number of nitrogens with two attached hydrogens (primary N) is 1. The molecule has 0 aliphatic rings. The van der Waals surface area contributed by atoms with E-state index in [-0.39, 0.29) is 0 Å². The van der Waals surface area contributed by atoms with Crippen LogP contribution in [0.25, 0.3) is 22.4 Å². The number of fused-ring (bicyclic) bond motifs is 1. The van der Waals surface area contributed by atoms with Crippen molar-refractivity contribution in [2.45, 2.75) is 11.8 Å². The van der Waals surface area contributed by atoms with Crippen LogP contribution in [0.4, 0.5) is 5.69 Å². The standard InChI is InChI=1S/C11H10N4S2/c1-5-14-7(4-17-5)9-10(16)8-6(12)2-3-13-11(8)15-9/h2-4,16H,1H3,(H3,12,13,15). The number of anilines is 1. The molecule has 0 spiro atoms. The second-order valence-electron chi connectivity index (χ2n) is 3.72. The Kier molecular flexibility index (Phi) is 2.34. The third-order valence-electron chi connectivity index (χ3n) is 2.58. The molecule has 0 unspecified atom stereocenters. The number of thiol groups is 1. The van der Waals surface area contributed by atoms with Crippen LogP contribution in [0.3, 0.4) is 0 Å². The molecule has 0 aromatic carbocycles. The lowest BCUT2D eigenvalue weighted by atomic mass is 10.2. The fraction of sp³-hybridized carbons (Fsp3) is 0.0909. The van der Waals surface area contributed by atoms with Gasteiger partial charge in [-0.2, -0.15) is 0 Å². The van der Waals surface area contributed by atoms with Crippen LogP contribution in [-0.2, 0) is 0 Å². The van der Waals surface area contributed by atoms with E-state index in [0.29, 0.717) is 5.69 Å². The molecule has 0 saturated carbocycles. The van der Waals surface area contributed by atoms with Gasteiger partial charge in [-0.15, -0.1) is 24.0 Å². The summed E-state index contributed by atoms with van der Waals surface area (Å²) in [4.78, 5) is 12.7. The summed E-state index contributed by atoms with van der Waals surface area (Å²) in [6.45, 7) is 1.97. The summed E-state index contributed by atoms with van der Waals surface area (Å²) in [5.41, 5.74) is 9.11. The summed E-state index contributed by atoms with van der Waals surface area (Å²) in [5.74, 6) is 0. The van der Waals surface area contributed by atoms with Crippen molar-refractivity contribution >= 4 is 40.7 Å². The van der Waals surface area contributed by atoms with Gasteiger partial charge in [0.15, 0.2) is 0 Å². The maximum Gasteiger partial charge on any atom is 0.140 e. The average Bonchev–Trinajstić information content (AvgIpc) is 2.84. The fourth-order valence-electron chi connectivity index (χ4n) is 1.79. The lowest BCUT2D eigenvalue weighted by molar-refractivity contribution is 1.25. The summed E-state index contributed by atoms with van der Waals surface area (Å²) in [6, 6.07) is 1.77. The quantitative estimate of drug-likeness (QED) is 0.591. The van der Waals surface area contributed by atoms with E-state index >= 15 is 0 Å². The summed E-state index contributed by atoms with van der Waals surface area (Å²) < 4.78 is 0. The molecule has 0 saturated heterocycles. The zero-order chi connectivity index (χ0) is 12.0. The van der Waals surface area contributed by atoms with Gasteiger partial charge < -0.3 is 10.7 Å². The van der Waals surface area contributed by atoms with E-state index < -0.39 is 0 Å². The largest absolute Gasteiger partial charge is 0.398 e. The fourth-order valence-corrected chi connectivity index (χ4v) is 2.80. The van der Waals surface area contributed by atoms with Gasteiger partial charge in [-0.3, -0.25) is 0 Å². The monoisotopic (exact) mass is 262 g/mol. The first-order valence-electron chi connectivity index (χ1n) is 5.04. The van der Waals surface area contributed by atoms with Gasteiger partial charge >= 0.3 is 0 Å². The van der Waals surface area contributed by atoms with Crippen molar-refractivity contribution in [3.05, 3.63) is 22.7 Å². The highest BCUT2D eigenvalue weighted by atomic mass is 32.1. The van der Waals surface area contributed by atoms with E-state index in [1.165, 1.54) is 0 Å². The van der Waals surface area contributed by atoms with E-state index in [9.17, 15) is 0 Å². The van der Waals surface area contributed by atoms with Crippen molar-refractivity contribution in [3.8, 4) is 11.4 Å². The molecule has 0 bridgehead atoms. The molecular weight excluding hydrogens is 252 g/mol. The number of aryl methyl sites for hydroxylation is 1. The van der Waals surface area contributed by atoms with Crippen molar-refractivity contribution in [1.29, 1.82) is 0 Å². The van der Waals surface area contributed by atoms with Crippen LogP contribution >= 0.6 is 24.0 Å². The van der Waals surface area contributed by atoms with Crippen LogP contribution in [0.2, 0.25) is 0 Å². The number of aromatic nitrogens is 3. The predicted octanol–water partition coefficient (Wildman–Crippen LogP) is 2.87. The number of pyridine rings is 1. The van der Waals surface area contributed by atoms with Gasteiger partial charge in [0.2, 0.25) is 0 Å². The van der Waals surface area contributed by atoms with Gasteiger partial charge in [0.05, 0.1) is 21.8 Å². The zero-order valence-electron chi connectivity index (χ0n) is 9.06. The van der Waals surface area contributed by atoms with Gasteiger partial charge in [0.1, 0.15) is 5.65 Å². The Hall–Kier alpha value is -1.53. The minimum atomic E-state index is 0.675. The number of thiazole rings is 1. The number of rotatable bonds is 1. The normalized spacial score (nSPS) is 11.2. The summed E-state index contributed by atoms with van der Waals surface area (Å²) in [6.07, 6.45) is 1.68. The molecule has 0 radical (unpaired) electrons. The first-order valence-corrected chi connectivity index (χ1v) is 6.37. The van der Waals surface area contributed by atoms with E-state index in [1.807, 2.05) is 12.3 Å². The highest BCUT2D eigenvalue weighted by molar-refractivity contribution is 7.80. The van der Waals surface area contributed by atoms with Gasteiger partial charge in [0, 0.05) is 22.2 Å². The molecule has 0 amide bonds. The van der Waals surface area contributed by atoms with E-state index in [1.54, 1.807) is 23.6 Å². The Morgan fingerprint density at radius 1 is 1.47 bits per heavy atom. The SMILES string of the molecule is Cc1nc(-c2[nH]c3nccc(N)c3c2S)cs1. The number of hydrogen-bond acceptors (Lipinski definition) is 5. The Morgan fingerprint density at radius 3 is 2.94 bits per heavy atom. The smallest absolute Gasteiger partial charge is 0.140 e. The second-order valence-corrected chi connectivity index (χ2v) is 5.23. The number of aromatic amines is 1. The second kappa shape index (κ2) is 3.75. The average molecular weight is 262 g/mol. The minimum absolute atomic E-state index is 0.675. The van der Waals surface area contributed by atoms with E-state index in [2.05, 4.69) is 27.6 Å². The first kappa shape index (κ1) is 10.6. The third-order valence-corrected chi connectivity index (χ3v) is 3.80. The van der Waals surface area contributed by atoms with Crippen LogP contribution in [0.5, 0.6) is 0 Å². The van der Waals surface area contributed by atoms with Crippen LogP contribution < -0.4 is 5.73 Å². The predicted molar refractivity (Wildman–Crippen MR) is 73.6 cm³/mol. The molecule has 17 heavy (non-hydrogen) atoms. The molecule has 3 rings (SSSR count). The van der Waals surface area contributed by atoms with Crippen molar-refractivity contribution in [3.63, 3.8) is 0 Å². The maximum absolute atomic E-state index is 5.93. The molecule has 3 aromatic rings. The Labute approximate surface area is 107 Å². The van der Waals surface area contributed by atoms with Gasteiger partial charge in [-0.1, -0.05) is 0 Å². The Bertz CT molecular complexity index is 699. The number of nitrogens with one attached hydrogen (secondary N) is 1. The van der Waals surface area contributed by atoms with Gasteiger partial charge in [0.25, 0.3) is 0 Å². The molecule has 86 valence electrons. The number of H-pyrrole nitrogens is 1. The highest BCUT2D eigenvalue weighted by Gasteiger charge is 2.14. The first-order chi connectivity index (χ1) is 8.16. The lowest BCUT2D eigenvalue weighted by Gasteiger charge is -1.95. The number of nitrogen functional groups attached to an aromatic ring is 1. The van der Waals surface area contributed by atoms with Crippen LogP contribution in [0.1, 0.15) is 5.01 Å². The van der Waals surface area contributed by atoms with Crippen molar-refractivity contribution in [2.75, 3.05) is 5.73 Å². The van der Waals surface area contributed by atoms with E-state index in [4.69, 9.17) is 5.73 Å². The molecular formula is C11H10N4S2. The van der Waals surface area contributed by atoms with Crippen molar-refractivity contribution in [1.82, 2.24) is 15.0 Å². The van der Waals surface area contributed by atoms with Crippen molar-refractivity contribution < 1.29 is 0 Å². The highest BCUT2D eigenvalue weighted by Crippen LogP contribution is 2.35. The summed E-state index contributed by atoms with van der Waals surface area (Å²) >= 11 is 6.12. The lowest BCUT2D eigenvalue weighted by Crippen LogP contribution is -1.86. The number of nitrogens with zero attached hydrogens (tertiary/aromatic N) is 2. The van der Waals surface area contributed by atoms with Gasteiger partial charge in [-0.25, -0.2) is 9.97 Å². The molecule has 0 fully saturated rings. The molecule has 0 aliphatic heterocycles. The minimum Gasteiger partial charge on any atom is -0.398 e. The summed E-state index contributed by atoms with van der Waals surface area (Å²) in [7, 11) is 0. The summed E-state index contributed by atoms with van der Waals surface area (Å²) in [5, 5.41) is 3.87.